The van der Waals surface area contributed by atoms with Gasteiger partial charge in [0.05, 0.1) is 18.8 Å². The average molecular weight is 372 g/mol. The number of aryl methyl sites for hydroxylation is 2. The standard InChI is InChI=1S/C24H24N2O2/c1-19-8-2-3-9-20(19)10-6-7-13-26-18-22(21-11-4-5-12-23(21)26)24(27)25-14-16-28-17-15-25/h2-5,8-9,11-12,18H,7,13-17H2,1H3. The van der Waals surface area contributed by atoms with E-state index in [9.17, 15) is 4.79 Å². The van der Waals surface area contributed by atoms with Gasteiger partial charge in [-0.15, -0.1) is 0 Å². The van der Waals surface area contributed by atoms with E-state index >= 15 is 0 Å². The zero-order valence-corrected chi connectivity index (χ0v) is 16.1. The first kappa shape index (κ1) is 18.3. The molecule has 1 aliphatic heterocycles. The Morgan fingerprint density at radius 1 is 1.07 bits per heavy atom. The third-order valence-corrected chi connectivity index (χ3v) is 5.16. The Morgan fingerprint density at radius 2 is 1.82 bits per heavy atom. The highest BCUT2D eigenvalue weighted by atomic mass is 16.5. The van der Waals surface area contributed by atoms with Crippen LogP contribution < -0.4 is 0 Å². The number of carbonyl (C=O) groups is 1. The Balaban J connectivity index is 1.55. The lowest BCUT2D eigenvalue weighted by atomic mass is 10.1. The maximum atomic E-state index is 13.0. The molecule has 1 aliphatic rings. The molecule has 1 fully saturated rings. The summed E-state index contributed by atoms with van der Waals surface area (Å²) >= 11 is 0. The van der Waals surface area contributed by atoms with Crippen molar-refractivity contribution >= 4 is 16.8 Å². The van der Waals surface area contributed by atoms with Crippen LogP contribution in [0.3, 0.4) is 0 Å². The van der Waals surface area contributed by atoms with E-state index < -0.39 is 0 Å². The van der Waals surface area contributed by atoms with Crippen molar-refractivity contribution in [2.75, 3.05) is 26.3 Å². The maximum absolute atomic E-state index is 13.0. The molecule has 0 saturated carbocycles. The lowest BCUT2D eigenvalue weighted by Gasteiger charge is -2.26. The first-order chi connectivity index (χ1) is 13.7. The highest BCUT2D eigenvalue weighted by Gasteiger charge is 2.22. The molecule has 1 aromatic heterocycles. The Hall–Kier alpha value is -3.03. The van der Waals surface area contributed by atoms with Crippen LogP contribution in [0.4, 0.5) is 0 Å². The molecular weight excluding hydrogens is 348 g/mol. The SMILES string of the molecule is Cc1ccccc1C#CCCn1cc(C(=O)N2CCOCC2)c2ccccc21. The summed E-state index contributed by atoms with van der Waals surface area (Å²) in [5.41, 5.74) is 4.11. The van der Waals surface area contributed by atoms with Crippen LogP contribution in [0.25, 0.3) is 10.9 Å². The predicted octanol–water partition coefficient (Wildman–Crippen LogP) is 3.86. The number of amides is 1. The number of aromatic nitrogens is 1. The van der Waals surface area contributed by atoms with Crippen molar-refractivity contribution in [2.45, 2.75) is 19.9 Å². The second-order valence-corrected chi connectivity index (χ2v) is 7.02. The van der Waals surface area contributed by atoms with Gasteiger partial charge < -0.3 is 14.2 Å². The Bertz CT molecular complexity index is 1050. The number of morpholine rings is 1. The number of ether oxygens (including phenoxy) is 1. The zero-order valence-electron chi connectivity index (χ0n) is 16.1. The Labute approximate surface area is 165 Å². The summed E-state index contributed by atoms with van der Waals surface area (Å²) in [6, 6.07) is 16.3. The van der Waals surface area contributed by atoms with E-state index in [4.69, 9.17) is 4.74 Å². The van der Waals surface area contributed by atoms with Crippen molar-refractivity contribution in [1.82, 2.24) is 9.47 Å². The van der Waals surface area contributed by atoms with E-state index in [1.54, 1.807) is 0 Å². The van der Waals surface area contributed by atoms with Crippen molar-refractivity contribution in [3.8, 4) is 11.8 Å². The number of fused-ring (bicyclic) bond motifs is 1. The van der Waals surface area contributed by atoms with Gasteiger partial charge in [-0.05, 0) is 24.6 Å². The maximum Gasteiger partial charge on any atom is 0.256 e. The number of hydrogen-bond acceptors (Lipinski definition) is 2. The van der Waals surface area contributed by atoms with Crippen molar-refractivity contribution in [3.63, 3.8) is 0 Å². The normalized spacial score (nSPS) is 14.0. The quantitative estimate of drug-likeness (QED) is 0.654. The summed E-state index contributed by atoms with van der Waals surface area (Å²) in [5, 5.41) is 1.01. The van der Waals surface area contributed by atoms with Crippen LogP contribution >= 0.6 is 0 Å². The minimum absolute atomic E-state index is 0.0873. The largest absolute Gasteiger partial charge is 0.378 e. The lowest BCUT2D eigenvalue weighted by Crippen LogP contribution is -2.40. The Morgan fingerprint density at radius 3 is 2.64 bits per heavy atom. The molecule has 4 rings (SSSR count). The van der Waals surface area contributed by atoms with Gasteiger partial charge in [0.25, 0.3) is 5.91 Å². The van der Waals surface area contributed by atoms with Crippen molar-refractivity contribution < 1.29 is 9.53 Å². The minimum atomic E-state index is 0.0873. The second-order valence-electron chi connectivity index (χ2n) is 7.02. The number of rotatable bonds is 3. The fourth-order valence-electron chi connectivity index (χ4n) is 3.59. The van der Waals surface area contributed by atoms with E-state index in [-0.39, 0.29) is 5.91 Å². The zero-order chi connectivity index (χ0) is 19.3. The summed E-state index contributed by atoms with van der Waals surface area (Å²) in [6.07, 6.45) is 2.72. The summed E-state index contributed by atoms with van der Waals surface area (Å²) in [5.74, 6) is 6.62. The monoisotopic (exact) mass is 372 g/mol. The number of nitrogens with zero attached hydrogens (tertiary/aromatic N) is 2. The van der Waals surface area contributed by atoms with Crippen LogP contribution in [0.2, 0.25) is 0 Å². The van der Waals surface area contributed by atoms with Gasteiger partial charge in [0.2, 0.25) is 0 Å². The smallest absolute Gasteiger partial charge is 0.256 e. The minimum Gasteiger partial charge on any atom is -0.378 e. The molecule has 1 amide bonds. The summed E-state index contributed by atoms with van der Waals surface area (Å²) in [4.78, 5) is 14.9. The molecule has 0 aliphatic carbocycles. The van der Waals surface area contributed by atoms with Gasteiger partial charge in [-0.3, -0.25) is 4.79 Å². The van der Waals surface area contributed by atoms with Crippen LogP contribution in [-0.2, 0) is 11.3 Å². The van der Waals surface area contributed by atoms with Crippen molar-refractivity contribution in [3.05, 3.63) is 71.4 Å². The number of para-hydroxylation sites is 1. The topological polar surface area (TPSA) is 34.5 Å². The molecule has 2 aromatic carbocycles. The molecular formula is C24H24N2O2. The van der Waals surface area contributed by atoms with Crippen LogP contribution in [0.1, 0.15) is 27.9 Å². The van der Waals surface area contributed by atoms with E-state index in [1.165, 1.54) is 5.56 Å². The molecule has 0 N–H and O–H groups in total. The molecule has 142 valence electrons. The van der Waals surface area contributed by atoms with Gasteiger partial charge in [0.15, 0.2) is 0 Å². The molecule has 0 bridgehead atoms. The number of benzene rings is 2. The van der Waals surface area contributed by atoms with Crippen LogP contribution in [0.5, 0.6) is 0 Å². The van der Waals surface area contributed by atoms with Gasteiger partial charge in [-0.1, -0.05) is 48.2 Å². The summed E-state index contributed by atoms with van der Waals surface area (Å²) in [6.45, 7) is 5.36. The Kier molecular flexibility index (Phi) is 5.45. The lowest BCUT2D eigenvalue weighted by molar-refractivity contribution is 0.0304. The third kappa shape index (κ3) is 3.81. The van der Waals surface area contributed by atoms with E-state index in [1.807, 2.05) is 47.5 Å². The molecule has 28 heavy (non-hydrogen) atoms. The van der Waals surface area contributed by atoms with Crippen molar-refractivity contribution in [2.24, 2.45) is 0 Å². The summed E-state index contributed by atoms with van der Waals surface area (Å²) in [7, 11) is 0. The molecule has 3 aromatic rings. The van der Waals surface area contributed by atoms with Crippen molar-refractivity contribution in [1.29, 1.82) is 0 Å². The average Bonchev–Trinajstić information content (AvgIpc) is 3.11. The second kappa shape index (κ2) is 8.33. The highest BCUT2D eigenvalue weighted by molar-refractivity contribution is 6.07. The van der Waals surface area contributed by atoms with E-state index in [0.29, 0.717) is 26.3 Å². The first-order valence-corrected chi connectivity index (χ1v) is 9.73. The predicted molar refractivity (Wildman–Crippen MR) is 111 cm³/mol. The van der Waals surface area contributed by atoms with Gasteiger partial charge in [-0.25, -0.2) is 0 Å². The van der Waals surface area contributed by atoms with Crippen LogP contribution in [-0.4, -0.2) is 41.7 Å². The van der Waals surface area contributed by atoms with E-state index in [0.717, 1.165) is 35.0 Å². The highest BCUT2D eigenvalue weighted by Crippen LogP contribution is 2.23. The van der Waals surface area contributed by atoms with Crippen LogP contribution in [0, 0.1) is 18.8 Å². The molecule has 0 atom stereocenters. The van der Waals surface area contributed by atoms with Gasteiger partial charge >= 0.3 is 0 Å². The van der Waals surface area contributed by atoms with Gasteiger partial charge in [-0.2, -0.15) is 0 Å². The van der Waals surface area contributed by atoms with Gasteiger partial charge in [0, 0.05) is 48.7 Å². The molecule has 4 heteroatoms. The fourth-order valence-corrected chi connectivity index (χ4v) is 3.59. The first-order valence-electron chi connectivity index (χ1n) is 9.73. The summed E-state index contributed by atoms with van der Waals surface area (Å²) < 4.78 is 7.52. The molecule has 2 heterocycles. The molecule has 0 radical (unpaired) electrons. The molecule has 0 spiro atoms. The molecule has 1 saturated heterocycles. The number of carbonyl (C=O) groups excluding carboxylic acids is 1. The molecule has 0 unspecified atom stereocenters. The molecule has 4 nitrogen and oxygen atoms in total. The fraction of sp³-hybridized carbons (Fsp3) is 0.292. The van der Waals surface area contributed by atoms with Gasteiger partial charge in [0.1, 0.15) is 0 Å². The number of hydrogen-bond donors (Lipinski definition) is 0. The van der Waals surface area contributed by atoms with Crippen LogP contribution in [0.15, 0.2) is 54.7 Å². The van der Waals surface area contributed by atoms with E-state index in [2.05, 4.69) is 35.5 Å². The third-order valence-electron chi connectivity index (χ3n) is 5.16.